The fourth-order valence-electron chi connectivity index (χ4n) is 2.84. The number of benzene rings is 1. The van der Waals surface area contributed by atoms with E-state index in [2.05, 4.69) is 13.8 Å². The van der Waals surface area contributed by atoms with Gasteiger partial charge < -0.3 is 5.73 Å². The van der Waals surface area contributed by atoms with Crippen molar-refractivity contribution in [2.45, 2.75) is 45.0 Å². The van der Waals surface area contributed by atoms with Crippen LogP contribution in [0.5, 0.6) is 0 Å². The lowest BCUT2D eigenvalue weighted by Gasteiger charge is -2.27. The summed E-state index contributed by atoms with van der Waals surface area (Å²) >= 11 is 0. The van der Waals surface area contributed by atoms with Gasteiger partial charge >= 0.3 is 0 Å². The Balaban J connectivity index is 2.13. The molecule has 2 rings (SSSR count). The molecule has 0 bridgehead atoms. The van der Waals surface area contributed by atoms with Crippen LogP contribution >= 0.6 is 0 Å². The minimum absolute atomic E-state index is 0.0844. The summed E-state index contributed by atoms with van der Waals surface area (Å²) in [4.78, 5) is 0. The van der Waals surface area contributed by atoms with Crippen molar-refractivity contribution in [3.63, 3.8) is 0 Å². The zero-order chi connectivity index (χ0) is 14.8. The highest BCUT2D eigenvalue weighted by Gasteiger charge is 2.35. The van der Waals surface area contributed by atoms with Gasteiger partial charge in [0.2, 0.25) is 10.0 Å². The minimum atomic E-state index is -3.22. The van der Waals surface area contributed by atoms with Crippen LogP contribution in [0.25, 0.3) is 0 Å². The average Bonchev–Trinajstić information content (AvgIpc) is 2.89. The molecule has 1 fully saturated rings. The van der Waals surface area contributed by atoms with E-state index in [0.29, 0.717) is 19.0 Å². The van der Waals surface area contributed by atoms with Crippen LogP contribution in [0.3, 0.4) is 0 Å². The van der Waals surface area contributed by atoms with Crippen LogP contribution in [0.2, 0.25) is 0 Å². The van der Waals surface area contributed by atoms with Crippen LogP contribution in [-0.4, -0.2) is 25.3 Å². The fourth-order valence-corrected chi connectivity index (χ4v) is 4.79. The molecule has 1 aromatic carbocycles. The lowest BCUT2D eigenvalue weighted by Crippen LogP contribution is -2.39. The molecule has 4 nitrogen and oxygen atoms in total. The first kappa shape index (κ1) is 15.5. The molecule has 0 spiro atoms. The van der Waals surface area contributed by atoms with E-state index in [4.69, 9.17) is 5.73 Å². The molecule has 0 aliphatic carbocycles. The molecular formula is C15H24N2O2S. The van der Waals surface area contributed by atoms with E-state index in [1.54, 1.807) is 4.31 Å². The average molecular weight is 296 g/mol. The highest BCUT2D eigenvalue weighted by Crippen LogP contribution is 2.28. The second-order valence-electron chi connectivity index (χ2n) is 5.84. The Morgan fingerprint density at radius 1 is 1.25 bits per heavy atom. The van der Waals surface area contributed by atoms with Crippen molar-refractivity contribution in [2.75, 3.05) is 6.54 Å². The van der Waals surface area contributed by atoms with Gasteiger partial charge in [-0.1, -0.05) is 38.1 Å². The molecule has 2 N–H and O–H groups in total. The summed E-state index contributed by atoms with van der Waals surface area (Å²) < 4.78 is 26.8. The van der Waals surface area contributed by atoms with Gasteiger partial charge in [0.1, 0.15) is 0 Å². The number of nitrogens with zero attached hydrogens (tertiary/aromatic N) is 1. The first-order chi connectivity index (χ1) is 9.44. The first-order valence-corrected chi connectivity index (χ1v) is 8.82. The van der Waals surface area contributed by atoms with E-state index >= 15 is 0 Å². The SMILES string of the molecule is CC(C)C1CCCN1S(=O)(=O)Cc1ccc(CN)cc1. The molecule has 0 radical (unpaired) electrons. The van der Waals surface area contributed by atoms with E-state index in [-0.39, 0.29) is 11.8 Å². The second-order valence-corrected chi connectivity index (χ2v) is 7.76. The third-order valence-corrected chi connectivity index (χ3v) is 5.85. The topological polar surface area (TPSA) is 63.4 Å². The summed E-state index contributed by atoms with van der Waals surface area (Å²) in [7, 11) is -3.22. The van der Waals surface area contributed by atoms with Crippen LogP contribution in [0.4, 0.5) is 0 Å². The molecule has 0 aromatic heterocycles. The molecule has 5 heteroatoms. The molecule has 1 aliphatic rings. The molecule has 1 aliphatic heterocycles. The maximum absolute atomic E-state index is 12.6. The van der Waals surface area contributed by atoms with Gasteiger partial charge in [-0.25, -0.2) is 8.42 Å². The predicted molar refractivity (Wildman–Crippen MR) is 81.5 cm³/mol. The summed E-state index contributed by atoms with van der Waals surface area (Å²) in [6.45, 7) is 5.32. The van der Waals surface area contributed by atoms with E-state index in [0.717, 1.165) is 24.0 Å². The Labute approximate surface area is 122 Å². The smallest absolute Gasteiger partial charge is 0.218 e. The molecule has 1 atom stereocenters. The van der Waals surface area contributed by atoms with Crippen molar-refractivity contribution in [1.82, 2.24) is 4.31 Å². The van der Waals surface area contributed by atoms with Gasteiger partial charge in [-0.05, 0) is 29.9 Å². The maximum atomic E-state index is 12.6. The van der Waals surface area contributed by atoms with Gasteiger partial charge in [-0.2, -0.15) is 4.31 Å². The molecule has 1 unspecified atom stereocenters. The van der Waals surface area contributed by atoms with Crippen molar-refractivity contribution in [3.05, 3.63) is 35.4 Å². The Hall–Kier alpha value is -0.910. The lowest BCUT2D eigenvalue weighted by atomic mass is 10.0. The molecule has 1 heterocycles. The Morgan fingerprint density at radius 3 is 2.40 bits per heavy atom. The minimum Gasteiger partial charge on any atom is -0.326 e. The standard InChI is InChI=1S/C15H24N2O2S/c1-12(2)15-4-3-9-17(15)20(18,19)11-14-7-5-13(10-16)6-8-14/h5-8,12,15H,3-4,9-11,16H2,1-2H3. The summed E-state index contributed by atoms with van der Waals surface area (Å²) in [5.41, 5.74) is 7.40. The molecular weight excluding hydrogens is 272 g/mol. The fraction of sp³-hybridized carbons (Fsp3) is 0.600. The highest BCUT2D eigenvalue weighted by molar-refractivity contribution is 7.88. The normalized spacial score (nSPS) is 20.7. The Bertz CT molecular complexity index is 537. The monoisotopic (exact) mass is 296 g/mol. The summed E-state index contributed by atoms with van der Waals surface area (Å²) in [5, 5.41) is 0. The van der Waals surface area contributed by atoms with Crippen molar-refractivity contribution in [3.8, 4) is 0 Å². The van der Waals surface area contributed by atoms with E-state index in [9.17, 15) is 8.42 Å². The summed E-state index contributed by atoms with van der Waals surface area (Å²) in [6.07, 6.45) is 1.94. The van der Waals surface area contributed by atoms with Crippen molar-refractivity contribution < 1.29 is 8.42 Å². The third kappa shape index (κ3) is 3.40. The second kappa shape index (κ2) is 6.24. The quantitative estimate of drug-likeness (QED) is 0.905. The third-order valence-electron chi connectivity index (χ3n) is 3.98. The van der Waals surface area contributed by atoms with Crippen LogP contribution in [0.1, 0.15) is 37.8 Å². The molecule has 1 aromatic rings. The number of sulfonamides is 1. The molecule has 0 saturated carbocycles. The number of hydrogen-bond donors (Lipinski definition) is 1. The highest BCUT2D eigenvalue weighted by atomic mass is 32.2. The van der Waals surface area contributed by atoms with E-state index < -0.39 is 10.0 Å². The van der Waals surface area contributed by atoms with Gasteiger partial charge in [-0.3, -0.25) is 0 Å². The van der Waals surface area contributed by atoms with Crippen molar-refractivity contribution >= 4 is 10.0 Å². The number of hydrogen-bond acceptors (Lipinski definition) is 3. The van der Waals surface area contributed by atoms with E-state index in [1.165, 1.54) is 0 Å². The van der Waals surface area contributed by atoms with Crippen LogP contribution in [0, 0.1) is 5.92 Å². The van der Waals surface area contributed by atoms with E-state index in [1.807, 2.05) is 24.3 Å². The van der Waals surface area contributed by atoms with Crippen LogP contribution in [0.15, 0.2) is 24.3 Å². The Morgan fingerprint density at radius 2 is 1.85 bits per heavy atom. The van der Waals surface area contributed by atoms with Crippen molar-refractivity contribution in [2.24, 2.45) is 11.7 Å². The van der Waals surface area contributed by atoms with Gasteiger partial charge in [0, 0.05) is 19.1 Å². The zero-order valence-electron chi connectivity index (χ0n) is 12.2. The lowest BCUT2D eigenvalue weighted by molar-refractivity contribution is 0.315. The largest absolute Gasteiger partial charge is 0.326 e. The van der Waals surface area contributed by atoms with Gasteiger partial charge in [-0.15, -0.1) is 0 Å². The van der Waals surface area contributed by atoms with Crippen LogP contribution in [-0.2, 0) is 22.3 Å². The molecule has 0 amide bonds. The van der Waals surface area contributed by atoms with Gasteiger partial charge in [0.05, 0.1) is 5.75 Å². The number of nitrogens with two attached hydrogens (primary N) is 1. The summed E-state index contributed by atoms with van der Waals surface area (Å²) in [5.74, 6) is 0.452. The molecule has 20 heavy (non-hydrogen) atoms. The van der Waals surface area contributed by atoms with Crippen molar-refractivity contribution in [1.29, 1.82) is 0 Å². The number of rotatable bonds is 5. The Kier molecular flexibility index (Phi) is 4.83. The van der Waals surface area contributed by atoms with Gasteiger partial charge in [0.25, 0.3) is 0 Å². The first-order valence-electron chi connectivity index (χ1n) is 7.21. The van der Waals surface area contributed by atoms with Gasteiger partial charge in [0.15, 0.2) is 0 Å². The molecule has 112 valence electrons. The summed E-state index contributed by atoms with van der Waals surface area (Å²) in [6, 6.07) is 7.67. The maximum Gasteiger partial charge on any atom is 0.218 e. The predicted octanol–water partition coefficient (Wildman–Crippen LogP) is 2.10. The zero-order valence-corrected chi connectivity index (χ0v) is 13.1. The molecule has 1 saturated heterocycles. The van der Waals surface area contributed by atoms with Crippen LogP contribution < -0.4 is 5.73 Å².